The van der Waals surface area contributed by atoms with Gasteiger partial charge in [0.25, 0.3) is 5.89 Å². The summed E-state index contributed by atoms with van der Waals surface area (Å²) in [7, 11) is 0. The molecule has 0 aliphatic carbocycles. The van der Waals surface area contributed by atoms with Crippen molar-refractivity contribution < 1.29 is 8.91 Å². The SMILES string of the molecule is CCc1noc(-c2ccc(CCNCc3ccccc3F)cc2)n1. The molecule has 1 heterocycles. The lowest BCUT2D eigenvalue weighted by atomic mass is 10.1. The molecule has 0 saturated carbocycles. The first-order valence-electron chi connectivity index (χ1n) is 8.12. The Morgan fingerprint density at radius 1 is 1.08 bits per heavy atom. The first kappa shape index (κ1) is 16.3. The van der Waals surface area contributed by atoms with E-state index in [4.69, 9.17) is 4.52 Å². The summed E-state index contributed by atoms with van der Waals surface area (Å²) in [6.45, 7) is 3.31. The first-order chi connectivity index (χ1) is 11.8. The molecule has 0 atom stereocenters. The van der Waals surface area contributed by atoms with E-state index >= 15 is 0 Å². The van der Waals surface area contributed by atoms with E-state index < -0.39 is 0 Å². The van der Waals surface area contributed by atoms with Crippen LogP contribution in [0.25, 0.3) is 11.5 Å². The molecular weight excluding hydrogens is 305 g/mol. The Morgan fingerprint density at radius 3 is 2.58 bits per heavy atom. The molecule has 1 aromatic heterocycles. The summed E-state index contributed by atoms with van der Waals surface area (Å²) < 4.78 is 18.7. The number of hydrogen-bond acceptors (Lipinski definition) is 4. The van der Waals surface area contributed by atoms with E-state index in [9.17, 15) is 4.39 Å². The van der Waals surface area contributed by atoms with Gasteiger partial charge in [-0.15, -0.1) is 0 Å². The van der Waals surface area contributed by atoms with Gasteiger partial charge in [-0.05, 0) is 36.7 Å². The molecule has 124 valence electrons. The highest BCUT2D eigenvalue weighted by Crippen LogP contribution is 2.18. The lowest BCUT2D eigenvalue weighted by Crippen LogP contribution is -2.17. The molecule has 1 N–H and O–H groups in total. The fourth-order valence-corrected chi connectivity index (χ4v) is 2.43. The molecule has 0 aliphatic rings. The molecule has 0 spiro atoms. The number of nitrogens with zero attached hydrogens (tertiary/aromatic N) is 2. The standard InChI is InChI=1S/C19H20FN3O/c1-2-18-22-19(24-23-18)15-9-7-14(8-10-15)11-12-21-13-16-5-3-4-6-17(16)20/h3-10,21H,2,11-13H2,1H3. The molecular formula is C19H20FN3O. The van der Waals surface area contributed by atoms with Crippen LogP contribution in [0.15, 0.2) is 53.1 Å². The smallest absolute Gasteiger partial charge is 0.257 e. The van der Waals surface area contributed by atoms with Crippen molar-refractivity contribution in [1.29, 1.82) is 0 Å². The topological polar surface area (TPSA) is 51.0 Å². The van der Waals surface area contributed by atoms with Crippen molar-refractivity contribution in [2.75, 3.05) is 6.54 Å². The lowest BCUT2D eigenvalue weighted by molar-refractivity contribution is 0.423. The van der Waals surface area contributed by atoms with Crippen LogP contribution in [-0.4, -0.2) is 16.7 Å². The lowest BCUT2D eigenvalue weighted by Gasteiger charge is -2.06. The van der Waals surface area contributed by atoms with Crippen molar-refractivity contribution in [2.24, 2.45) is 0 Å². The highest BCUT2D eigenvalue weighted by molar-refractivity contribution is 5.53. The van der Waals surface area contributed by atoms with E-state index in [0.717, 1.165) is 24.9 Å². The zero-order valence-electron chi connectivity index (χ0n) is 13.6. The Hall–Kier alpha value is -2.53. The summed E-state index contributed by atoms with van der Waals surface area (Å²) in [5.74, 6) is 1.10. The van der Waals surface area contributed by atoms with Gasteiger partial charge in [0.1, 0.15) is 5.82 Å². The Morgan fingerprint density at radius 2 is 1.88 bits per heavy atom. The molecule has 0 unspecified atom stereocenters. The Labute approximate surface area is 140 Å². The van der Waals surface area contributed by atoms with Crippen LogP contribution in [0.1, 0.15) is 23.9 Å². The summed E-state index contributed by atoms with van der Waals surface area (Å²) in [6.07, 6.45) is 1.63. The van der Waals surface area contributed by atoms with E-state index in [0.29, 0.717) is 23.8 Å². The van der Waals surface area contributed by atoms with E-state index in [2.05, 4.69) is 27.6 Å². The maximum Gasteiger partial charge on any atom is 0.257 e. The van der Waals surface area contributed by atoms with E-state index in [1.54, 1.807) is 12.1 Å². The van der Waals surface area contributed by atoms with Gasteiger partial charge >= 0.3 is 0 Å². The molecule has 0 saturated heterocycles. The van der Waals surface area contributed by atoms with Crippen molar-refractivity contribution in [3.05, 3.63) is 71.3 Å². The minimum Gasteiger partial charge on any atom is -0.334 e. The van der Waals surface area contributed by atoms with Crippen molar-refractivity contribution in [1.82, 2.24) is 15.5 Å². The third-order valence-electron chi connectivity index (χ3n) is 3.85. The second kappa shape index (κ2) is 7.84. The molecule has 0 fully saturated rings. The second-order valence-electron chi connectivity index (χ2n) is 5.58. The number of nitrogens with one attached hydrogen (secondary N) is 1. The van der Waals surface area contributed by atoms with Gasteiger partial charge in [0.15, 0.2) is 5.82 Å². The maximum absolute atomic E-state index is 13.5. The molecule has 3 rings (SSSR count). The number of benzene rings is 2. The number of halogens is 1. The van der Waals surface area contributed by atoms with Crippen LogP contribution in [-0.2, 0) is 19.4 Å². The quantitative estimate of drug-likeness (QED) is 0.672. The van der Waals surface area contributed by atoms with Crippen LogP contribution in [0.3, 0.4) is 0 Å². The van der Waals surface area contributed by atoms with Crippen LogP contribution < -0.4 is 5.32 Å². The van der Waals surface area contributed by atoms with Crippen molar-refractivity contribution in [3.63, 3.8) is 0 Å². The normalized spacial score (nSPS) is 10.9. The zero-order valence-corrected chi connectivity index (χ0v) is 13.6. The van der Waals surface area contributed by atoms with E-state index in [-0.39, 0.29) is 5.82 Å². The Kier molecular flexibility index (Phi) is 5.33. The largest absolute Gasteiger partial charge is 0.334 e. The number of aromatic nitrogens is 2. The highest BCUT2D eigenvalue weighted by atomic mass is 19.1. The highest BCUT2D eigenvalue weighted by Gasteiger charge is 2.07. The molecule has 5 heteroatoms. The minimum atomic E-state index is -0.166. The Balaban J connectivity index is 1.50. The third-order valence-corrected chi connectivity index (χ3v) is 3.85. The summed E-state index contributed by atoms with van der Waals surface area (Å²) in [5, 5.41) is 7.17. The fraction of sp³-hybridized carbons (Fsp3) is 0.263. The van der Waals surface area contributed by atoms with Crippen LogP contribution in [0, 0.1) is 5.82 Å². The summed E-state index contributed by atoms with van der Waals surface area (Å²) in [5.41, 5.74) is 2.82. The Bertz CT molecular complexity index is 783. The second-order valence-corrected chi connectivity index (χ2v) is 5.58. The van der Waals surface area contributed by atoms with Crippen molar-refractivity contribution >= 4 is 0 Å². The molecule has 3 aromatic rings. The van der Waals surface area contributed by atoms with Gasteiger partial charge in [-0.1, -0.05) is 42.4 Å². The molecule has 2 aromatic carbocycles. The third kappa shape index (κ3) is 4.06. The molecule has 0 amide bonds. The van der Waals surface area contributed by atoms with Crippen LogP contribution >= 0.6 is 0 Å². The van der Waals surface area contributed by atoms with Gasteiger partial charge in [0, 0.05) is 24.1 Å². The van der Waals surface area contributed by atoms with Crippen LogP contribution in [0.2, 0.25) is 0 Å². The summed E-state index contributed by atoms with van der Waals surface area (Å²) >= 11 is 0. The average Bonchev–Trinajstić information content (AvgIpc) is 3.10. The number of rotatable bonds is 7. The van der Waals surface area contributed by atoms with Gasteiger partial charge in [-0.3, -0.25) is 0 Å². The molecule has 0 bridgehead atoms. The number of hydrogen-bond donors (Lipinski definition) is 1. The van der Waals surface area contributed by atoms with Crippen molar-refractivity contribution in [3.8, 4) is 11.5 Å². The molecule has 0 radical (unpaired) electrons. The predicted molar refractivity (Wildman–Crippen MR) is 90.9 cm³/mol. The molecule has 24 heavy (non-hydrogen) atoms. The van der Waals surface area contributed by atoms with E-state index in [1.165, 1.54) is 11.6 Å². The van der Waals surface area contributed by atoms with E-state index in [1.807, 2.05) is 25.1 Å². The van der Waals surface area contributed by atoms with Crippen LogP contribution in [0.4, 0.5) is 4.39 Å². The predicted octanol–water partition coefficient (Wildman–Crippen LogP) is 3.77. The maximum atomic E-state index is 13.5. The van der Waals surface area contributed by atoms with Crippen LogP contribution in [0.5, 0.6) is 0 Å². The average molecular weight is 325 g/mol. The fourth-order valence-electron chi connectivity index (χ4n) is 2.43. The zero-order chi connectivity index (χ0) is 16.8. The summed E-state index contributed by atoms with van der Waals surface area (Å²) in [6, 6.07) is 14.9. The van der Waals surface area contributed by atoms with Gasteiger partial charge in [0.2, 0.25) is 0 Å². The van der Waals surface area contributed by atoms with Gasteiger partial charge in [0.05, 0.1) is 0 Å². The van der Waals surface area contributed by atoms with Gasteiger partial charge in [-0.25, -0.2) is 4.39 Å². The molecule has 0 aliphatic heterocycles. The number of aryl methyl sites for hydroxylation is 1. The van der Waals surface area contributed by atoms with Gasteiger partial charge < -0.3 is 9.84 Å². The monoisotopic (exact) mass is 325 g/mol. The van der Waals surface area contributed by atoms with Crippen molar-refractivity contribution in [2.45, 2.75) is 26.3 Å². The first-order valence-corrected chi connectivity index (χ1v) is 8.12. The minimum absolute atomic E-state index is 0.166. The molecule has 4 nitrogen and oxygen atoms in total. The van der Waals surface area contributed by atoms with Gasteiger partial charge in [-0.2, -0.15) is 4.98 Å². The summed E-state index contributed by atoms with van der Waals surface area (Å²) in [4.78, 5) is 4.32.